The SMILES string of the molecule is CC(C)(SCCN1CCOCC1)C(=O)O. The lowest BCUT2D eigenvalue weighted by molar-refractivity contribution is -0.138. The summed E-state index contributed by atoms with van der Waals surface area (Å²) in [5, 5.41) is 8.92. The zero-order chi connectivity index (χ0) is 11.3. The number of morpholine rings is 1. The largest absolute Gasteiger partial charge is 0.480 e. The Morgan fingerprint density at radius 1 is 1.47 bits per heavy atom. The lowest BCUT2D eigenvalue weighted by Gasteiger charge is -2.27. The first-order chi connectivity index (χ1) is 7.02. The normalized spacial score (nSPS) is 19.1. The van der Waals surface area contributed by atoms with Crippen LogP contribution < -0.4 is 0 Å². The van der Waals surface area contributed by atoms with E-state index < -0.39 is 10.7 Å². The van der Waals surface area contributed by atoms with E-state index in [-0.39, 0.29) is 0 Å². The Kier molecular flexibility index (Phi) is 4.89. The topological polar surface area (TPSA) is 49.8 Å². The van der Waals surface area contributed by atoms with E-state index in [1.54, 1.807) is 13.8 Å². The van der Waals surface area contributed by atoms with Crippen LogP contribution in [0.15, 0.2) is 0 Å². The number of hydrogen-bond donors (Lipinski definition) is 1. The van der Waals surface area contributed by atoms with Gasteiger partial charge in [0, 0.05) is 25.4 Å². The molecule has 0 amide bonds. The van der Waals surface area contributed by atoms with Crippen molar-refractivity contribution in [3.05, 3.63) is 0 Å². The quantitative estimate of drug-likeness (QED) is 0.765. The summed E-state index contributed by atoms with van der Waals surface area (Å²) in [7, 11) is 0. The molecule has 0 aliphatic carbocycles. The Bertz CT molecular complexity index is 215. The van der Waals surface area contributed by atoms with Gasteiger partial charge in [-0.2, -0.15) is 0 Å². The number of nitrogens with zero attached hydrogens (tertiary/aromatic N) is 1. The van der Waals surface area contributed by atoms with Gasteiger partial charge >= 0.3 is 5.97 Å². The van der Waals surface area contributed by atoms with Crippen molar-refractivity contribution in [3.63, 3.8) is 0 Å². The van der Waals surface area contributed by atoms with Gasteiger partial charge in [0.25, 0.3) is 0 Å². The van der Waals surface area contributed by atoms with Crippen LogP contribution in [0, 0.1) is 0 Å². The molecule has 4 nitrogen and oxygen atoms in total. The summed E-state index contributed by atoms with van der Waals surface area (Å²) in [6.07, 6.45) is 0. The van der Waals surface area contributed by atoms with Gasteiger partial charge in [-0.15, -0.1) is 11.8 Å². The van der Waals surface area contributed by atoms with Gasteiger partial charge < -0.3 is 9.84 Å². The van der Waals surface area contributed by atoms with E-state index >= 15 is 0 Å². The molecule has 0 unspecified atom stereocenters. The number of carboxylic acid groups (broad SMARTS) is 1. The van der Waals surface area contributed by atoms with E-state index in [0.717, 1.165) is 38.6 Å². The highest BCUT2D eigenvalue weighted by molar-refractivity contribution is 8.01. The highest BCUT2D eigenvalue weighted by Gasteiger charge is 2.27. The Hall–Kier alpha value is -0.260. The maximum absolute atomic E-state index is 10.8. The van der Waals surface area contributed by atoms with E-state index in [1.807, 2.05) is 0 Å². The van der Waals surface area contributed by atoms with Gasteiger partial charge in [-0.1, -0.05) is 0 Å². The molecule has 1 fully saturated rings. The second-order valence-electron chi connectivity index (χ2n) is 4.12. The summed E-state index contributed by atoms with van der Waals surface area (Å²) in [6.45, 7) is 7.98. The average molecular weight is 233 g/mol. The molecule has 1 rings (SSSR count). The molecule has 0 spiro atoms. The smallest absolute Gasteiger partial charge is 0.319 e. The number of hydrogen-bond acceptors (Lipinski definition) is 4. The molecule has 0 bridgehead atoms. The number of carboxylic acids is 1. The van der Waals surface area contributed by atoms with Crippen LogP contribution in [0.3, 0.4) is 0 Å². The standard InChI is InChI=1S/C10H19NO3S/c1-10(2,9(12)13)15-8-5-11-3-6-14-7-4-11/h3-8H2,1-2H3,(H,12,13). The summed E-state index contributed by atoms with van der Waals surface area (Å²) in [5.74, 6) is 0.119. The molecule has 1 aliphatic rings. The molecule has 1 N–H and O–H groups in total. The van der Waals surface area contributed by atoms with Crippen molar-refractivity contribution < 1.29 is 14.6 Å². The van der Waals surface area contributed by atoms with Gasteiger partial charge in [-0.25, -0.2) is 0 Å². The molecular formula is C10H19NO3S. The number of ether oxygens (including phenoxy) is 1. The monoisotopic (exact) mass is 233 g/mol. The first-order valence-electron chi connectivity index (χ1n) is 5.20. The van der Waals surface area contributed by atoms with Gasteiger partial charge in [-0.3, -0.25) is 9.69 Å². The molecule has 0 atom stereocenters. The third kappa shape index (κ3) is 4.40. The van der Waals surface area contributed by atoms with Crippen molar-refractivity contribution in [1.29, 1.82) is 0 Å². The summed E-state index contributed by atoms with van der Waals surface area (Å²) in [6, 6.07) is 0. The molecule has 5 heteroatoms. The average Bonchev–Trinajstić information content (AvgIpc) is 2.19. The fourth-order valence-electron chi connectivity index (χ4n) is 1.32. The molecular weight excluding hydrogens is 214 g/mol. The number of aliphatic carboxylic acids is 1. The van der Waals surface area contributed by atoms with Crippen LogP contribution in [0.25, 0.3) is 0 Å². The van der Waals surface area contributed by atoms with Gasteiger partial charge in [-0.05, 0) is 13.8 Å². The Morgan fingerprint density at radius 2 is 2.07 bits per heavy atom. The van der Waals surface area contributed by atoms with Crippen molar-refractivity contribution in [2.24, 2.45) is 0 Å². The molecule has 0 aromatic carbocycles. The van der Waals surface area contributed by atoms with Crippen molar-refractivity contribution in [2.75, 3.05) is 38.6 Å². The number of carbonyl (C=O) groups is 1. The van der Waals surface area contributed by atoms with E-state index in [4.69, 9.17) is 9.84 Å². The highest BCUT2D eigenvalue weighted by Crippen LogP contribution is 2.24. The summed E-state index contributed by atoms with van der Waals surface area (Å²) in [4.78, 5) is 13.2. The van der Waals surface area contributed by atoms with Gasteiger partial charge in [0.05, 0.1) is 13.2 Å². The van der Waals surface area contributed by atoms with Crippen LogP contribution in [0.2, 0.25) is 0 Å². The van der Waals surface area contributed by atoms with Gasteiger partial charge in [0.15, 0.2) is 0 Å². The molecule has 1 heterocycles. The minimum Gasteiger partial charge on any atom is -0.480 e. The van der Waals surface area contributed by atoms with Crippen LogP contribution in [-0.4, -0.2) is 59.3 Å². The molecule has 0 aromatic heterocycles. The first-order valence-corrected chi connectivity index (χ1v) is 6.18. The second kappa shape index (κ2) is 5.72. The zero-order valence-corrected chi connectivity index (χ0v) is 10.2. The van der Waals surface area contributed by atoms with Crippen molar-refractivity contribution in [1.82, 2.24) is 4.90 Å². The molecule has 0 aromatic rings. The Morgan fingerprint density at radius 3 is 2.60 bits per heavy atom. The lowest BCUT2D eigenvalue weighted by Crippen LogP contribution is -2.38. The second-order valence-corrected chi connectivity index (χ2v) is 5.84. The minimum atomic E-state index is -0.741. The number of rotatable bonds is 5. The maximum Gasteiger partial charge on any atom is 0.319 e. The lowest BCUT2D eigenvalue weighted by atomic mass is 10.2. The molecule has 0 radical (unpaired) electrons. The third-order valence-corrected chi connectivity index (χ3v) is 3.77. The summed E-state index contributed by atoms with van der Waals surface area (Å²) >= 11 is 1.50. The minimum absolute atomic E-state index is 0.674. The predicted octanol–water partition coefficient (Wildman–Crippen LogP) is 0.915. The van der Waals surface area contributed by atoms with Crippen molar-refractivity contribution in [2.45, 2.75) is 18.6 Å². The van der Waals surface area contributed by atoms with Crippen LogP contribution in [0.1, 0.15) is 13.8 Å². The van der Waals surface area contributed by atoms with Crippen molar-refractivity contribution in [3.8, 4) is 0 Å². The van der Waals surface area contributed by atoms with Crippen molar-refractivity contribution >= 4 is 17.7 Å². The van der Waals surface area contributed by atoms with E-state index in [2.05, 4.69) is 4.90 Å². The predicted molar refractivity (Wildman–Crippen MR) is 61.4 cm³/mol. The molecule has 0 saturated carbocycles. The van der Waals surface area contributed by atoms with Crippen LogP contribution in [0.4, 0.5) is 0 Å². The fourth-order valence-corrected chi connectivity index (χ4v) is 2.30. The van der Waals surface area contributed by atoms with E-state index in [0.29, 0.717) is 0 Å². The molecule has 1 saturated heterocycles. The summed E-state index contributed by atoms with van der Waals surface area (Å²) in [5.41, 5.74) is 0. The van der Waals surface area contributed by atoms with Crippen LogP contribution in [-0.2, 0) is 9.53 Å². The van der Waals surface area contributed by atoms with E-state index in [1.165, 1.54) is 11.8 Å². The molecule has 88 valence electrons. The zero-order valence-electron chi connectivity index (χ0n) is 9.36. The Balaban J connectivity index is 2.17. The first kappa shape index (κ1) is 12.8. The highest BCUT2D eigenvalue weighted by atomic mass is 32.2. The van der Waals surface area contributed by atoms with Crippen LogP contribution in [0.5, 0.6) is 0 Å². The fraction of sp³-hybridized carbons (Fsp3) is 0.900. The van der Waals surface area contributed by atoms with E-state index in [9.17, 15) is 4.79 Å². The number of thioether (sulfide) groups is 1. The van der Waals surface area contributed by atoms with Crippen LogP contribution >= 0.6 is 11.8 Å². The van der Waals surface area contributed by atoms with Gasteiger partial charge in [0.1, 0.15) is 4.75 Å². The maximum atomic E-state index is 10.8. The third-order valence-electron chi connectivity index (χ3n) is 2.49. The summed E-state index contributed by atoms with van der Waals surface area (Å²) < 4.78 is 4.57. The van der Waals surface area contributed by atoms with Gasteiger partial charge in [0.2, 0.25) is 0 Å². The Labute approximate surface area is 95.0 Å². The molecule has 15 heavy (non-hydrogen) atoms. The molecule has 1 aliphatic heterocycles.